The van der Waals surface area contributed by atoms with Gasteiger partial charge in [0.2, 0.25) is 0 Å². The molecule has 0 aliphatic heterocycles. The molecule has 210 valence electrons. The number of ether oxygens (including phenoxy) is 5. The van der Waals surface area contributed by atoms with Gasteiger partial charge in [-0.25, -0.2) is 0 Å². The topological polar surface area (TPSA) is 86.6 Å². The number of fused-ring (bicyclic) bond motifs is 1. The predicted molar refractivity (Wildman–Crippen MR) is 157 cm³/mol. The van der Waals surface area contributed by atoms with E-state index in [4.69, 9.17) is 23.7 Å². The van der Waals surface area contributed by atoms with Crippen LogP contribution in [0.2, 0.25) is 0 Å². The first kappa shape index (κ1) is 27.8. The predicted octanol–water partition coefficient (Wildman–Crippen LogP) is 6.27. The molecular weight excluding hydrogens is 520 g/mol. The lowest BCUT2D eigenvalue weighted by molar-refractivity contribution is 0.0623. The molecule has 7 heteroatoms. The maximum absolute atomic E-state index is 10.6. The van der Waals surface area contributed by atoms with Gasteiger partial charge in [-0.3, -0.25) is 0 Å². The molecule has 0 fully saturated rings. The van der Waals surface area contributed by atoms with Crippen LogP contribution in [-0.4, -0.2) is 48.8 Å². The van der Waals surface area contributed by atoms with Crippen molar-refractivity contribution in [1.82, 2.24) is 0 Å². The molecule has 2 unspecified atom stereocenters. The van der Waals surface area contributed by atoms with Crippen LogP contribution in [0.3, 0.4) is 0 Å². The van der Waals surface area contributed by atoms with Crippen LogP contribution in [0.25, 0.3) is 10.8 Å². The monoisotopic (exact) mass is 552 g/mol. The number of benzene rings is 5. The number of hydrogen-bond donors (Lipinski definition) is 2. The van der Waals surface area contributed by atoms with Crippen LogP contribution >= 0.6 is 0 Å². The summed E-state index contributed by atoms with van der Waals surface area (Å²) < 4.78 is 29.4. The van der Waals surface area contributed by atoms with E-state index in [0.717, 1.165) is 10.8 Å². The Morgan fingerprint density at radius 2 is 0.951 bits per heavy atom. The first-order valence-corrected chi connectivity index (χ1v) is 13.4. The van der Waals surface area contributed by atoms with Crippen molar-refractivity contribution in [2.24, 2.45) is 0 Å². The van der Waals surface area contributed by atoms with Crippen molar-refractivity contribution in [1.29, 1.82) is 0 Å². The SMILES string of the molecule is OC(COc1ccccc1)COc1ccc2c(OCC(O)COc3ccccc3)c(Oc3ccccc3)ccc2c1. The molecule has 0 bridgehead atoms. The van der Waals surface area contributed by atoms with Crippen molar-refractivity contribution >= 4 is 10.8 Å². The summed E-state index contributed by atoms with van der Waals surface area (Å²) in [7, 11) is 0. The molecule has 5 aromatic rings. The Kier molecular flexibility index (Phi) is 9.55. The third kappa shape index (κ3) is 8.14. The van der Waals surface area contributed by atoms with Crippen molar-refractivity contribution in [2.45, 2.75) is 12.2 Å². The lowest BCUT2D eigenvalue weighted by atomic mass is 10.1. The highest BCUT2D eigenvalue weighted by Gasteiger charge is 2.16. The van der Waals surface area contributed by atoms with Gasteiger partial charge >= 0.3 is 0 Å². The maximum Gasteiger partial charge on any atom is 0.169 e. The summed E-state index contributed by atoms with van der Waals surface area (Å²) in [4.78, 5) is 0. The van der Waals surface area contributed by atoms with Crippen LogP contribution in [0, 0.1) is 0 Å². The van der Waals surface area contributed by atoms with Crippen LogP contribution in [0.4, 0.5) is 0 Å². The summed E-state index contributed by atoms with van der Waals surface area (Å²) in [5, 5.41) is 22.5. The molecule has 0 aliphatic carbocycles. The standard InChI is InChI=1S/C34H32O7/c35-26(21-37-28-10-4-1-5-11-28)23-39-31-17-18-32-25(20-31)16-19-33(41-30-14-8-3-9-15-30)34(32)40-24-27(36)22-38-29-12-6-2-7-13-29/h1-20,26-27,35-36H,21-24H2. The van der Waals surface area contributed by atoms with E-state index in [-0.39, 0.29) is 26.4 Å². The zero-order chi connectivity index (χ0) is 28.3. The first-order chi connectivity index (χ1) is 20.1. The highest BCUT2D eigenvalue weighted by atomic mass is 16.5. The van der Waals surface area contributed by atoms with E-state index in [2.05, 4.69) is 0 Å². The van der Waals surface area contributed by atoms with Gasteiger partial charge in [-0.1, -0.05) is 60.7 Å². The second-order valence-electron chi connectivity index (χ2n) is 9.37. The molecule has 5 rings (SSSR count). The summed E-state index contributed by atoms with van der Waals surface area (Å²) in [6.45, 7) is 0.275. The van der Waals surface area contributed by atoms with Gasteiger partial charge in [0.05, 0.1) is 0 Å². The molecule has 0 spiro atoms. The van der Waals surface area contributed by atoms with Crippen molar-refractivity contribution in [2.75, 3.05) is 26.4 Å². The molecule has 0 radical (unpaired) electrons. The minimum Gasteiger partial charge on any atom is -0.491 e. The van der Waals surface area contributed by atoms with Crippen LogP contribution in [0.15, 0.2) is 121 Å². The maximum atomic E-state index is 10.6. The second kappa shape index (κ2) is 14.1. The highest BCUT2D eigenvalue weighted by molar-refractivity contribution is 5.92. The Hall–Kier alpha value is -4.72. The van der Waals surface area contributed by atoms with Crippen LogP contribution < -0.4 is 23.7 Å². The third-order valence-corrected chi connectivity index (χ3v) is 6.11. The van der Waals surface area contributed by atoms with Gasteiger partial charge in [-0.2, -0.15) is 0 Å². The van der Waals surface area contributed by atoms with Crippen LogP contribution in [0.1, 0.15) is 0 Å². The molecule has 0 saturated heterocycles. The Labute approximate surface area is 239 Å². The highest BCUT2D eigenvalue weighted by Crippen LogP contribution is 2.39. The minimum atomic E-state index is -0.864. The Bertz CT molecular complexity index is 1490. The van der Waals surface area contributed by atoms with Crippen molar-refractivity contribution in [3.8, 4) is 34.5 Å². The van der Waals surface area contributed by atoms with Gasteiger partial charge < -0.3 is 33.9 Å². The Morgan fingerprint density at radius 3 is 1.51 bits per heavy atom. The van der Waals surface area contributed by atoms with Crippen molar-refractivity contribution in [3.05, 3.63) is 121 Å². The normalized spacial score (nSPS) is 12.3. The van der Waals surface area contributed by atoms with E-state index >= 15 is 0 Å². The molecular formula is C34H32O7. The fraction of sp³-hybridized carbons (Fsp3) is 0.176. The van der Waals surface area contributed by atoms with Gasteiger partial charge in [0.15, 0.2) is 11.5 Å². The molecule has 0 saturated carbocycles. The van der Waals surface area contributed by atoms with Crippen LogP contribution in [0.5, 0.6) is 34.5 Å². The number of rotatable bonds is 14. The lowest BCUT2D eigenvalue weighted by Gasteiger charge is -2.18. The van der Waals surface area contributed by atoms with Gasteiger partial charge in [-0.15, -0.1) is 0 Å². The van der Waals surface area contributed by atoms with Crippen LogP contribution in [-0.2, 0) is 0 Å². The average Bonchev–Trinajstić information content (AvgIpc) is 3.02. The summed E-state index contributed by atoms with van der Waals surface area (Å²) >= 11 is 0. The van der Waals surface area contributed by atoms with Gasteiger partial charge in [0.1, 0.15) is 61.6 Å². The molecule has 0 aliphatic rings. The van der Waals surface area contributed by atoms with E-state index in [9.17, 15) is 10.2 Å². The zero-order valence-corrected chi connectivity index (χ0v) is 22.5. The lowest BCUT2D eigenvalue weighted by Crippen LogP contribution is -2.25. The number of hydrogen-bond acceptors (Lipinski definition) is 7. The number of para-hydroxylation sites is 3. The van der Waals surface area contributed by atoms with E-state index in [1.165, 1.54) is 0 Å². The second-order valence-corrected chi connectivity index (χ2v) is 9.37. The van der Waals surface area contributed by atoms with E-state index in [0.29, 0.717) is 34.5 Å². The van der Waals surface area contributed by atoms with Gasteiger partial charge in [-0.05, 0) is 66.0 Å². The molecule has 5 aromatic carbocycles. The van der Waals surface area contributed by atoms with E-state index in [1.807, 2.05) is 115 Å². The first-order valence-electron chi connectivity index (χ1n) is 13.4. The fourth-order valence-electron chi connectivity index (χ4n) is 4.08. The molecule has 7 nitrogen and oxygen atoms in total. The van der Waals surface area contributed by atoms with Crippen molar-refractivity contribution < 1.29 is 33.9 Å². The van der Waals surface area contributed by atoms with E-state index in [1.54, 1.807) is 6.07 Å². The Balaban J connectivity index is 1.27. The molecule has 0 heterocycles. The summed E-state index contributed by atoms with van der Waals surface area (Å²) in [5.41, 5.74) is 0. The molecule has 2 N–H and O–H groups in total. The largest absolute Gasteiger partial charge is 0.491 e. The molecule has 0 aromatic heterocycles. The number of aliphatic hydroxyl groups is 2. The minimum absolute atomic E-state index is 0.00293. The number of aliphatic hydroxyl groups excluding tert-OH is 2. The average molecular weight is 553 g/mol. The van der Waals surface area contributed by atoms with Crippen molar-refractivity contribution in [3.63, 3.8) is 0 Å². The molecule has 41 heavy (non-hydrogen) atoms. The Morgan fingerprint density at radius 1 is 0.463 bits per heavy atom. The third-order valence-electron chi connectivity index (χ3n) is 6.11. The molecule has 2 atom stereocenters. The zero-order valence-electron chi connectivity index (χ0n) is 22.5. The fourth-order valence-corrected chi connectivity index (χ4v) is 4.08. The molecule has 0 amide bonds. The smallest absolute Gasteiger partial charge is 0.169 e. The van der Waals surface area contributed by atoms with Gasteiger partial charge in [0, 0.05) is 5.39 Å². The summed E-state index contributed by atoms with van der Waals surface area (Å²) in [5.74, 6) is 3.63. The van der Waals surface area contributed by atoms with E-state index < -0.39 is 12.2 Å². The van der Waals surface area contributed by atoms with Gasteiger partial charge in [0.25, 0.3) is 0 Å². The summed E-state index contributed by atoms with van der Waals surface area (Å²) in [6.07, 6.45) is -1.66. The quantitative estimate of drug-likeness (QED) is 0.168. The summed E-state index contributed by atoms with van der Waals surface area (Å²) in [6, 6.07) is 37.4.